The predicted molar refractivity (Wildman–Crippen MR) is 73.5 cm³/mol. The Morgan fingerprint density at radius 3 is 2.25 bits per heavy atom. The van der Waals surface area contributed by atoms with Gasteiger partial charge in [0.1, 0.15) is 5.54 Å². The van der Waals surface area contributed by atoms with Crippen molar-refractivity contribution in [3.8, 4) is 0 Å². The van der Waals surface area contributed by atoms with E-state index in [2.05, 4.69) is 10.2 Å². The standard InChI is InChI=1S/C14H23N3O3/c18-12(19)14(4-1-5-14)15-13(20)17-8-6-16(7-9-17)10-11-2-3-11/h11H,1-10H2,(H,15,20)(H,18,19). The van der Waals surface area contributed by atoms with Crippen molar-refractivity contribution in [1.29, 1.82) is 0 Å². The van der Waals surface area contributed by atoms with Crippen LogP contribution in [-0.4, -0.2) is 65.2 Å². The minimum Gasteiger partial charge on any atom is -0.480 e. The number of carbonyl (C=O) groups is 2. The van der Waals surface area contributed by atoms with Gasteiger partial charge in [0, 0.05) is 32.7 Å². The fourth-order valence-electron chi connectivity index (χ4n) is 3.01. The van der Waals surface area contributed by atoms with E-state index in [1.54, 1.807) is 4.90 Å². The lowest BCUT2D eigenvalue weighted by molar-refractivity contribution is -0.148. The number of aliphatic carboxylic acids is 1. The third kappa shape index (κ3) is 2.75. The summed E-state index contributed by atoms with van der Waals surface area (Å²) < 4.78 is 0. The van der Waals surface area contributed by atoms with Crippen LogP contribution in [0.1, 0.15) is 32.1 Å². The zero-order chi connectivity index (χ0) is 14.2. The Balaban J connectivity index is 1.47. The Kier molecular flexibility index (Phi) is 3.58. The monoisotopic (exact) mass is 281 g/mol. The second-order valence-electron chi connectivity index (χ2n) is 6.40. The van der Waals surface area contributed by atoms with Crippen molar-refractivity contribution in [2.75, 3.05) is 32.7 Å². The first-order chi connectivity index (χ1) is 9.59. The Morgan fingerprint density at radius 2 is 1.80 bits per heavy atom. The highest BCUT2D eigenvalue weighted by molar-refractivity contribution is 5.87. The van der Waals surface area contributed by atoms with Gasteiger partial charge >= 0.3 is 12.0 Å². The first-order valence-electron chi connectivity index (χ1n) is 7.62. The van der Waals surface area contributed by atoms with Crippen LogP contribution in [0.25, 0.3) is 0 Å². The summed E-state index contributed by atoms with van der Waals surface area (Å²) in [5.41, 5.74) is -0.998. The van der Waals surface area contributed by atoms with Crippen LogP contribution in [0.2, 0.25) is 0 Å². The van der Waals surface area contributed by atoms with Gasteiger partial charge in [0.25, 0.3) is 0 Å². The third-order valence-electron chi connectivity index (χ3n) is 4.84. The summed E-state index contributed by atoms with van der Waals surface area (Å²) in [5, 5.41) is 12.0. The summed E-state index contributed by atoms with van der Waals surface area (Å²) >= 11 is 0. The molecule has 0 aromatic rings. The molecule has 0 aromatic carbocycles. The fourth-order valence-corrected chi connectivity index (χ4v) is 3.01. The summed E-state index contributed by atoms with van der Waals surface area (Å²) in [4.78, 5) is 27.6. The molecule has 3 fully saturated rings. The van der Waals surface area contributed by atoms with Gasteiger partial charge < -0.3 is 15.3 Å². The number of rotatable bonds is 4. The van der Waals surface area contributed by atoms with Gasteiger partial charge in [0.15, 0.2) is 0 Å². The molecule has 3 aliphatic rings. The molecule has 20 heavy (non-hydrogen) atoms. The van der Waals surface area contributed by atoms with Crippen LogP contribution in [0.5, 0.6) is 0 Å². The highest BCUT2D eigenvalue weighted by atomic mass is 16.4. The number of nitrogens with zero attached hydrogens (tertiary/aromatic N) is 2. The molecular formula is C14H23N3O3. The Morgan fingerprint density at radius 1 is 1.15 bits per heavy atom. The van der Waals surface area contributed by atoms with Crippen LogP contribution < -0.4 is 5.32 Å². The molecule has 2 N–H and O–H groups in total. The van der Waals surface area contributed by atoms with E-state index >= 15 is 0 Å². The van der Waals surface area contributed by atoms with E-state index in [-0.39, 0.29) is 6.03 Å². The molecule has 2 amide bonds. The molecule has 2 saturated carbocycles. The molecule has 6 heteroatoms. The fraction of sp³-hybridized carbons (Fsp3) is 0.857. The first kappa shape index (κ1) is 13.7. The third-order valence-corrected chi connectivity index (χ3v) is 4.84. The second-order valence-corrected chi connectivity index (χ2v) is 6.40. The zero-order valence-corrected chi connectivity index (χ0v) is 11.8. The number of carboxylic acid groups (broad SMARTS) is 1. The van der Waals surface area contributed by atoms with E-state index in [1.807, 2.05) is 0 Å². The van der Waals surface area contributed by atoms with E-state index in [9.17, 15) is 14.7 Å². The number of carbonyl (C=O) groups excluding carboxylic acids is 1. The molecule has 0 bridgehead atoms. The van der Waals surface area contributed by atoms with E-state index in [0.717, 1.165) is 32.0 Å². The van der Waals surface area contributed by atoms with Gasteiger partial charge in [0.2, 0.25) is 0 Å². The number of nitrogens with one attached hydrogen (secondary N) is 1. The van der Waals surface area contributed by atoms with Gasteiger partial charge in [-0.15, -0.1) is 0 Å². The molecule has 0 atom stereocenters. The zero-order valence-electron chi connectivity index (χ0n) is 11.8. The number of hydrogen-bond acceptors (Lipinski definition) is 3. The molecule has 0 aromatic heterocycles. The molecular weight excluding hydrogens is 258 g/mol. The smallest absolute Gasteiger partial charge is 0.329 e. The van der Waals surface area contributed by atoms with Crippen molar-refractivity contribution in [3.05, 3.63) is 0 Å². The normalized spacial score (nSPS) is 25.9. The van der Waals surface area contributed by atoms with Crippen molar-refractivity contribution < 1.29 is 14.7 Å². The molecule has 3 rings (SSSR count). The van der Waals surface area contributed by atoms with Crippen molar-refractivity contribution >= 4 is 12.0 Å². The predicted octanol–water partition coefficient (Wildman–Crippen LogP) is 0.731. The van der Waals surface area contributed by atoms with Crippen LogP contribution >= 0.6 is 0 Å². The van der Waals surface area contributed by atoms with E-state index in [4.69, 9.17) is 0 Å². The van der Waals surface area contributed by atoms with Gasteiger partial charge in [-0.25, -0.2) is 9.59 Å². The largest absolute Gasteiger partial charge is 0.480 e. The molecule has 1 saturated heterocycles. The summed E-state index contributed by atoms with van der Waals surface area (Å²) in [6.45, 7) is 4.38. The van der Waals surface area contributed by atoms with Gasteiger partial charge in [-0.05, 0) is 38.0 Å². The highest BCUT2D eigenvalue weighted by Gasteiger charge is 2.46. The van der Waals surface area contributed by atoms with Crippen LogP contribution in [0.3, 0.4) is 0 Å². The Labute approximate surface area is 119 Å². The maximum atomic E-state index is 12.2. The minimum absolute atomic E-state index is 0.210. The topological polar surface area (TPSA) is 72.9 Å². The average molecular weight is 281 g/mol. The molecule has 6 nitrogen and oxygen atoms in total. The lowest BCUT2D eigenvalue weighted by Gasteiger charge is -2.41. The van der Waals surface area contributed by atoms with Crippen LogP contribution in [0.15, 0.2) is 0 Å². The number of amides is 2. The maximum absolute atomic E-state index is 12.2. The summed E-state index contributed by atoms with van der Waals surface area (Å²) in [6, 6.07) is -0.210. The molecule has 1 aliphatic heterocycles. The summed E-state index contributed by atoms with van der Waals surface area (Å²) in [7, 11) is 0. The highest BCUT2D eigenvalue weighted by Crippen LogP contribution is 2.32. The lowest BCUT2D eigenvalue weighted by atomic mass is 9.77. The van der Waals surface area contributed by atoms with Crippen LogP contribution in [-0.2, 0) is 4.79 Å². The molecule has 0 spiro atoms. The van der Waals surface area contributed by atoms with Crippen LogP contribution in [0.4, 0.5) is 4.79 Å². The van der Waals surface area contributed by atoms with Gasteiger partial charge in [0.05, 0.1) is 0 Å². The summed E-state index contributed by atoms with van der Waals surface area (Å²) in [5.74, 6) is -0.0231. The molecule has 1 heterocycles. The van der Waals surface area contributed by atoms with Crippen molar-refractivity contribution in [3.63, 3.8) is 0 Å². The number of piperazine rings is 1. The van der Waals surface area contributed by atoms with E-state index in [1.165, 1.54) is 12.8 Å². The van der Waals surface area contributed by atoms with Gasteiger partial charge in [-0.2, -0.15) is 0 Å². The summed E-state index contributed by atoms with van der Waals surface area (Å²) in [6.07, 6.45) is 4.68. The number of carboxylic acids is 1. The first-order valence-corrected chi connectivity index (χ1v) is 7.62. The van der Waals surface area contributed by atoms with Gasteiger partial charge in [-0.1, -0.05) is 0 Å². The molecule has 2 aliphatic carbocycles. The lowest BCUT2D eigenvalue weighted by Crippen LogP contribution is -2.63. The van der Waals surface area contributed by atoms with Crippen molar-refractivity contribution in [1.82, 2.24) is 15.1 Å². The number of hydrogen-bond donors (Lipinski definition) is 2. The Bertz CT molecular complexity index is 396. The van der Waals surface area contributed by atoms with E-state index < -0.39 is 11.5 Å². The number of urea groups is 1. The molecule has 0 unspecified atom stereocenters. The SMILES string of the molecule is O=C(NC1(C(=O)O)CCC1)N1CCN(CC2CC2)CC1. The van der Waals surface area contributed by atoms with Crippen molar-refractivity contribution in [2.24, 2.45) is 5.92 Å². The molecule has 0 radical (unpaired) electrons. The van der Waals surface area contributed by atoms with E-state index in [0.29, 0.717) is 25.9 Å². The Hall–Kier alpha value is -1.30. The molecule has 112 valence electrons. The van der Waals surface area contributed by atoms with Crippen molar-refractivity contribution in [2.45, 2.75) is 37.6 Å². The van der Waals surface area contributed by atoms with Crippen LogP contribution in [0, 0.1) is 5.92 Å². The minimum atomic E-state index is -0.998. The quantitative estimate of drug-likeness (QED) is 0.797. The maximum Gasteiger partial charge on any atom is 0.329 e. The average Bonchev–Trinajstić information content (AvgIpc) is 3.18. The second kappa shape index (κ2) is 5.24. The van der Waals surface area contributed by atoms with Gasteiger partial charge in [-0.3, -0.25) is 4.90 Å².